The summed E-state index contributed by atoms with van der Waals surface area (Å²) in [7, 11) is 1.29. The Morgan fingerprint density at radius 3 is 2.57 bits per heavy atom. The van der Waals surface area contributed by atoms with Crippen LogP contribution in [0, 0.1) is 0 Å². The summed E-state index contributed by atoms with van der Waals surface area (Å²) in [6.45, 7) is 5.63. The molecule has 1 N–H and O–H groups in total. The number of methoxy groups -OCH3 is 1. The highest BCUT2D eigenvalue weighted by atomic mass is 16.5. The van der Waals surface area contributed by atoms with Crippen LogP contribution in [0.3, 0.4) is 0 Å². The number of hydrogen-bond acceptors (Lipinski definition) is 3. The van der Waals surface area contributed by atoms with E-state index in [1.165, 1.54) is 7.11 Å². The monoisotopic (exact) mass is 200 g/mol. The first kappa shape index (κ1) is 13.2. The maximum Gasteiger partial charge on any atom is 0.335 e. The lowest BCUT2D eigenvalue weighted by atomic mass is 10.0. The summed E-state index contributed by atoms with van der Waals surface area (Å²) in [6.07, 6.45) is 4.17. The lowest BCUT2D eigenvalue weighted by Crippen LogP contribution is -2.18. The van der Waals surface area contributed by atoms with Crippen molar-refractivity contribution in [2.75, 3.05) is 7.11 Å². The molecule has 0 heterocycles. The third kappa shape index (κ3) is 5.02. The molecule has 0 aliphatic rings. The highest BCUT2D eigenvalue weighted by Gasteiger charge is 2.15. The SMILES string of the molecule is C=C(C(=O)OC)C(O)CCCCCC. The van der Waals surface area contributed by atoms with E-state index < -0.39 is 12.1 Å². The summed E-state index contributed by atoms with van der Waals surface area (Å²) >= 11 is 0. The minimum absolute atomic E-state index is 0.156. The lowest BCUT2D eigenvalue weighted by molar-refractivity contribution is -0.137. The van der Waals surface area contributed by atoms with Gasteiger partial charge < -0.3 is 9.84 Å². The average Bonchev–Trinajstić information content (AvgIpc) is 2.21. The van der Waals surface area contributed by atoms with Gasteiger partial charge >= 0.3 is 5.97 Å². The maximum absolute atomic E-state index is 11.0. The van der Waals surface area contributed by atoms with Crippen LogP contribution in [0.4, 0.5) is 0 Å². The number of esters is 1. The van der Waals surface area contributed by atoms with Crippen molar-refractivity contribution in [3.63, 3.8) is 0 Å². The van der Waals surface area contributed by atoms with Crippen LogP contribution in [0.2, 0.25) is 0 Å². The van der Waals surface area contributed by atoms with Gasteiger partial charge in [0.25, 0.3) is 0 Å². The molecule has 0 amide bonds. The topological polar surface area (TPSA) is 46.5 Å². The molecule has 0 bridgehead atoms. The molecule has 3 heteroatoms. The van der Waals surface area contributed by atoms with Crippen molar-refractivity contribution in [1.82, 2.24) is 0 Å². The van der Waals surface area contributed by atoms with Crippen molar-refractivity contribution < 1.29 is 14.6 Å². The zero-order valence-electron chi connectivity index (χ0n) is 9.08. The van der Waals surface area contributed by atoms with Crippen LogP contribution >= 0.6 is 0 Å². The third-order valence-corrected chi connectivity index (χ3v) is 2.18. The molecule has 0 aromatic carbocycles. The molecule has 1 atom stereocenters. The van der Waals surface area contributed by atoms with Crippen LogP contribution < -0.4 is 0 Å². The van der Waals surface area contributed by atoms with Gasteiger partial charge in [-0.15, -0.1) is 0 Å². The first-order valence-corrected chi connectivity index (χ1v) is 5.08. The second-order valence-electron chi connectivity index (χ2n) is 3.38. The minimum Gasteiger partial charge on any atom is -0.466 e. The standard InChI is InChI=1S/C11H20O3/c1-4-5-6-7-8-10(12)9(2)11(13)14-3/h10,12H,2,4-8H2,1,3H3. The Morgan fingerprint density at radius 2 is 2.07 bits per heavy atom. The number of carbonyl (C=O) groups excluding carboxylic acids is 1. The predicted molar refractivity (Wildman–Crippen MR) is 55.9 cm³/mol. The molecule has 0 saturated carbocycles. The van der Waals surface area contributed by atoms with Gasteiger partial charge in [-0.3, -0.25) is 0 Å². The Kier molecular flexibility index (Phi) is 7.11. The molecule has 0 aromatic rings. The molecule has 1 unspecified atom stereocenters. The van der Waals surface area contributed by atoms with Crippen molar-refractivity contribution in [2.45, 2.75) is 45.1 Å². The second-order valence-corrected chi connectivity index (χ2v) is 3.38. The number of carbonyl (C=O) groups is 1. The Morgan fingerprint density at radius 1 is 1.43 bits per heavy atom. The summed E-state index contributed by atoms with van der Waals surface area (Å²) in [5.41, 5.74) is 0.156. The minimum atomic E-state index is -0.751. The van der Waals surface area contributed by atoms with Crippen LogP contribution in [-0.4, -0.2) is 24.3 Å². The molecule has 14 heavy (non-hydrogen) atoms. The third-order valence-electron chi connectivity index (χ3n) is 2.18. The van der Waals surface area contributed by atoms with Gasteiger partial charge in [-0.05, 0) is 6.42 Å². The first-order valence-electron chi connectivity index (χ1n) is 5.08. The largest absolute Gasteiger partial charge is 0.466 e. The first-order chi connectivity index (χ1) is 6.63. The summed E-state index contributed by atoms with van der Waals surface area (Å²) in [5.74, 6) is -0.520. The molecule has 0 aliphatic carbocycles. The van der Waals surface area contributed by atoms with Crippen LogP contribution in [-0.2, 0) is 9.53 Å². The van der Waals surface area contributed by atoms with Gasteiger partial charge in [-0.2, -0.15) is 0 Å². The Hall–Kier alpha value is -0.830. The van der Waals surface area contributed by atoms with Crippen molar-refractivity contribution in [2.24, 2.45) is 0 Å². The molecule has 0 aromatic heterocycles. The van der Waals surface area contributed by atoms with E-state index in [9.17, 15) is 9.90 Å². The van der Waals surface area contributed by atoms with Crippen molar-refractivity contribution in [3.05, 3.63) is 12.2 Å². The number of hydrogen-bond donors (Lipinski definition) is 1. The van der Waals surface area contributed by atoms with Gasteiger partial charge in [0.2, 0.25) is 0 Å². The number of ether oxygens (including phenoxy) is 1. The Balaban J connectivity index is 3.67. The van der Waals surface area contributed by atoms with Gasteiger partial charge in [0.15, 0.2) is 0 Å². The number of unbranched alkanes of at least 4 members (excludes halogenated alkanes) is 3. The van der Waals surface area contributed by atoms with Crippen molar-refractivity contribution in [3.8, 4) is 0 Å². The summed E-state index contributed by atoms with van der Waals surface area (Å²) in [5, 5.41) is 9.52. The lowest BCUT2D eigenvalue weighted by Gasteiger charge is -2.11. The molecule has 0 radical (unpaired) electrons. The summed E-state index contributed by atoms with van der Waals surface area (Å²) < 4.78 is 4.46. The molecule has 3 nitrogen and oxygen atoms in total. The zero-order chi connectivity index (χ0) is 11.0. The number of aliphatic hydroxyl groups is 1. The summed E-state index contributed by atoms with van der Waals surface area (Å²) in [6, 6.07) is 0. The molecular formula is C11H20O3. The molecule has 82 valence electrons. The normalized spacial score (nSPS) is 12.2. The van der Waals surface area contributed by atoms with E-state index >= 15 is 0 Å². The molecule has 0 rings (SSSR count). The number of rotatable bonds is 7. The highest BCUT2D eigenvalue weighted by molar-refractivity contribution is 5.88. The van der Waals surface area contributed by atoms with E-state index in [1.807, 2.05) is 0 Å². The Labute approximate surface area is 85.8 Å². The maximum atomic E-state index is 11.0. The second kappa shape index (κ2) is 7.56. The average molecular weight is 200 g/mol. The van der Waals surface area contributed by atoms with Gasteiger partial charge in [0, 0.05) is 0 Å². The van der Waals surface area contributed by atoms with E-state index in [4.69, 9.17) is 0 Å². The molecule has 0 aliphatic heterocycles. The molecule has 0 saturated heterocycles. The van der Waals surface area contributed by atoms with Gasteiger partial charge in [-0.1, -0.05) is 39.2 Å². The van der Waals surface area contributed by atoms with E-state index in [-0.39, 0.29) is 5.57 Å². The fraction of sp³-hybridized carbons (Fsp3) is 0.727. The van der Waals surface area contributed by atoms with Gasteiger partial charge in [-0.25, -0.2) is 4.79 Å². The fourth-order valence-corrected chi connectivity index (χ4v) is 1.21. The van der Waals surface area contributed by atoms with Gasteiger partial charge in [0.1, 0.15) is 0 Å². The zero-order valence-corrected chi connectivity index (χ0v) is 9.08. The quantitative estimate of drug-likeness (QED) is 0.388. The van der Waals surface area contributed by atoms with Crippen LogP contribution in [0.1, 0.15) is 39.0 Å². The fourth-order valence-electron chi connectivity index (χ4n) is 1.21. The van der Waals surface area contributed by atoms with Crippen LogP contribution in [0.25, 0.3) is 0 Å². The van der Waals surface area contributed by atoms with Crippen LogP contribution in [0.5, 0.6) is 0 Å². The predicted octanol–water partition coefficient (Wildman–Crippen LogP) is 2.05. The van der Waals surface area contributed by atoms with E-state index in [0.29, 0.717) is 6.42 Å². The highest BCUT2D eigenvalue weighted by Crippen LogP contribution is 2.11. The number of aliphatic hydroxyl groups excluding tert-OH is 1. The van der Waals surface area contributed by atoms with Crippen LogP contribution in [0.15, 0.2) is 12.2 Å². The molecule has 0 spiro atoms. The summed E-state index contributed by atoms with van der Waals surface area (Å²) in [4.78, 5) is 11.0. The van der Waals surface area contributed by atoms with Crippen molar-refractivity contribution in [1.29, 1.82) is 0 Å². The molecular weight excluding hydrogens is 180 g/mol. The Bertz CT molecular complexity index is 187. The molecule has 0 fully saturated rings. The van der Waals surface area contributed by atoms with E-state index in [2.05, 4.69) is 18.2 Å². The van der Waals surface area contributed by atoms with Gasteiger partial charge in [0.05, 0.1) is 18.8 Å². The van der Waals surface area contributed by atoms with E-state index in [0.717, 1.165) is 25.7 Å². The van der Waals surface area contributed by atoms with Crippen molar-refractivity contribution >= 4 is 5.97 Å². The smallest absolute Gasteiger partial charge is 0.335 e. The van der Waals surface area contributed by atoms with E-state index in [1.54, 1.807) is 0 Å².